The van der Waals surface area contributed by atoms with Crippen molar-refractivity contribution in [2.45, 2.75) is 39.5 Å². The molecule has 0 spiro atoms. The SMILES string of the molecule is CCNC(=NCCCCc1nc(C)cs1)N(C)CC1CCOC1. The van der Waals surface area contributed by atoms with Gasteiger partial charge in [0, 0.05) is 50.3 Å². The van der Waals surface area contributed by atoms with E-state index in [9.17, 15) is 0 Å². The summed E-state index contributed by atoms with van der Waals surface area (Å²) in [6, 6.07) is 0. The summed E-state index contributed by atoms with van der Waals surface area (Å²) in [5.41, 5.74) is 1.13. The normalized spacial score (nSPS) is 18.4. The van der Waals surface area contributed by atoms with Crippen molar-refractivity contribution in [1.29, 1.82) is 0 Å². The van der Waals surface area contributed by atoms with Crippen molar-refractivity contribution in [3.63, 3.8) is 0 Å². The van der Waals surface area contributed by atoms with Gasteiger partial charge in [-0.25, -0.2) is 4.98 Å². The fourth-order valence-corrected chi connectivity index (χ4v) is 3.58. The molecule has 2 rings (SSSR count). The number of guanidine groups is 1. The second-order valence-electron chi connectivity index (χ2n) is 6.19. The lowest BCUT2D eigenvalue weighted by atomic mass is 10.1. The molecular weight excluding hydrogens is 308 g/mol. The van der Waals surface area contributed by atoms with Crippen LogP contribution in [0.3, 0.4) is 0 Å². The van der Waals surface area contributed by atoms with Crippen LogP contribution >= 0.6 is 11.3 Å². The van der Waals surface area contributed by atoms with Gasteiger partial charge in [0.25, 0.3) is 0 Å². The van der Waals surface area contributed by atoms with Gasteiger partial charge >= 0.3 is 0 Å². The Balaban J connectivity index is 1.71. The first kappa shape index (κ1) is 18.2. The molecule has 1 aromatic rings. The minimum atomic E-state index is 0.636. The van der Waals surface area contributed by atoms with Gasteiger partial charge in [0.15, 0.2) is 5.96 Å². The average molecular weight is 339 g/mol. The molecule has 2 heterocycles. The molecule has 1 N–H and O–H groups in total. The zero-order valence-electron chi connectivity index (χ0n) is 14.7. The highest BCUT2D eigenvalue weighted by atomic mass is 32.1. The minimum absolute atomic E-state index is 0.636. The van der Waals surface area contributed by atoms with Crippen LogP contribution in [-0.4, -0.2) is 55.7 Å². The molecule has 1 fully saturated rings. The van der Waals surface area contributed by atoms with Gasteiger partial charge in [-0.1, -0.05) is 0 Å². The molecule has 6 heteroatoms. The number of rotatable bonds is 8. The Morgan fingerprint density at radius 3 is 3.04 bits per heavy atom. The summed E-state index contributed by atoms with van der Waals surface area (Å²) in [4.78, 5) is 11.5. The number of hydrogen-bond acceptors (Lipinski definition) is 4. The first-order valence-corrected chi connectivity index (χ1v) is 9.55. The molecule has 1 aromatic heterocycles. The van der Waals surface area contributed by atoms with Crippen molar-refractivity contribution in [1.82, 2.24) is 15.2 Å². The number of aliphatic imine (C=N–C) groups is 1. The van der Waals surface area contributed by atoms with Crippen LogP contribution in [0.4, 0.5) is 0 Å². The van der Waals surface area contributed by atoms with Crippen LogP contribution in [0.25, 0.3) is 0 Å². The van der Waals surface area contributed by atoms with E-state index in [4.69, 9.17) is 9.73 Å². The van der Waals surface area contributed by atoms with Crippen molar-refractivity contribution < 1.29 is 4.74 Å². The zero-order chi connectivity index (χ0) is 16.5. The van der Waals surface area contributed by atoms with Crippen molar-refractivity contribution in [3.05, 3.63) is 16.1 Å². The van der Waals surface area contributed by atoms with E-state index < -0.39 is 0 Å². The Labute approximate surface area is 144 Å². The summed E-state index contributed by atoms with van der Waals surface area (Å²) in [5.74, 6) is 1.65. The molecule has 0 saturated carbocycles. The van der Waals surface area contributed by atoms with Crippen LogP contribution in [-0.2, 0) is 11.2 Å². The van der Waals surface area contributed by atoms with E-state index in [2.05, 4.69) is 41.5 Å². The fraction of sp³-hybridized carbons (Fsp3) is 0.765. The predicted octanol–water partition coefficient (Wildman–Crippen LogP) is 2.71. The number of hydrogen-bond donors (Lipinski definition) is 1. The molecule has 5 nitrogen and oxygen atoms in total. The van der Waals surface area contributed by atoms with Gasteiger partial charge in [-0.15, -0.1) is 11.3 Å². The number of nitrogens with zero attached hydrogens (tertiary/aromatic N) is 3. The van der Waals surface area contributed by atoms with E-state index in [1.807, 2.05) is 0 Å². The van der Waals surface area contributed by atoms with Crippen LogP contribution in [0.15, 0.2) is 10.4 Å². The summed E-state index contributed by atoms with van der Waals surface area (Å²) in [7, 11) is 2.12. The Bertz CT molecular complexity index is 483. The Hall–Kier alpha value is -1.14. The Morgan fingerprint density at radius 1 is 1.52 bits per heavy atom. The van der Waals surface area contributed by atoms with E-state index in [1.165, 1.54) is 5.01 Å². The summed E-state index contributed by atoms with van der Waals surface area (Å²) in [6.07, 6.45) is 4.49. The first-order chi connectivity index (χ1) is 11.2. The molecule has 23 heavy (non-hydrogen) atoms. The third-order valence-electron chi connectivity index (χ3n) is 3.98. The van der Waals surface area contributed by atoms with Crippen molar-refractivity contribution in [3.8, 4) is 0 Å². The van der Waals surface area contributed by atoms with Gasteiger partial charge in [-0.05, 0) is 39.5 Å². The number of aryl methyl sites for hydroxylation is 2. The van der Waals surface area contributed by atoms with Gasteiger partial charge in [0.2, 0.25) is 0 Å². The van der Waals surface area contributed by atoms with E-state index in [1.54, 1.807) is 11.3 Å². The smallest absolute Gasteiger partial charge is 0.193 e. The molecular formula is C17H30N4OS. The summed E-state index contributed by atoms with van der Waals surface area (Å²) in [5, 5.41) is 6.76. The number of nitrogens with one attached hydrogen (secondary N) is 1. The fourth-order valence-electron chi connectivity index (χ4n) is 2.76. The van der Waals surface area contributed by atoms with E-state index in [-0.39, 0.29) is 0 Å². The van der Waals surface area contributed by atoms with Crippen molar-refractivity contribution >= 4 is 17.3 Å². The molecule has 1 aliphatic heterocycles. The summed E-state index contributed by atoms with van der Waals surface area (Å²) >= 11 is 1.77. The highest BCUT2D eigenvalue weighted by molar-refractivity contribution is 7.09. The van der Waals surface area contributed by atoms with E-state index >= 15 is 0 Å². The lowest BCUT2D eigenvalue weighted by Crippen LogP contribution is -2.41. The highest BCUT2D eigenvalue weighted by Crippen LogP contribution is 2.14. The highest BCUT2D eigenvalue weighted by Gasteiger charge is 2.18. The van der Waals surface area contributed by atoms with Crippen LogP contribution in [0, 0.1) is 12.8 Å². The maximum absolute atomic E-state index is 5.46. The first-order valence-electron chi connectivity index (χ1n) is 8.67. The molecule has 0 aromatic carbocycles. The molecule has 1 aliphatic rings. The predicted molar refractivity (Wildman–Crippen MR) is 97.3 cm³/mol. The molecule has 0 aliphatic carbocycles. The van der Waals surface area contributed by atoms with Gasteiger partial charge in [-0.3, -0.25) is 4.99 Å². The second-order valence-corrected chi connectivity index (χ2v) is 7.13. The van der Waals surface area contributed by atoms with E-state index in [0.717, 1.165) is 70.2 Å². The largest absolute Gasteiger partial charge is 0.381 e. The summed E-state index contributed by atoms with van der Waals surface area (Å²) < 4.78 is 5.46. The average Bonchev–Trinajstić information content (AvgIpc) is 3.17. The van der Waals surface area contributed by atoms with Crippen LogP contribution < -0.4 is 5.32 Å². The minimum Gasteiger partial charge on any atom is -0.381 e. The number of thiazole rings is 1. The second kappa shape index (κ2) is 9.88. The Morgan fingerprint density at radius 2 is 2.39 bits per heavy atom. The third kappa shape index (κ3) is 6.47. The van der Waals surface area contributed by atoms with Gasteiger partial charge < -0.3 is 15.0 Å². The zero-order valence-corrected chi connectivity index (χ0v) is 15.5. The van der Waals surface area contributed by atoms with Gasteiger partial charge in [0.05, 0.1) is 11.6 Å². The molecule has 1 saturated heterocycles. The molecule has 130 valence electrons. The van der Waals surface area contributed by atoms with Crippen molar-refractivity contribution in [2.75, 3.05) is 39.9 Å². The molecule has 1 unspecified atom stereocenters. The number of aromatic nitrogens is 1. The standard InChI is InChI=1S/C17H30N4OS/c1-4-18-17(21(3)11-15-8-10-22-12-15)19-9-6-5-7-16-20-14(2)13-23-16/h13,15H,4-12H2,1-3H3,(H,18,19). The lowest BCUT2D eigenvalue weighted by Gasteiger charge is -2.24. The van der Waals surface area contributed by atoms with Gasteiger partial charge in [0.1, 0.15) is 0 Å². The van der Waals surface area contributed by atoms with Crippen LogP contribution in [0.5, 0.6) is 0 Å². The van der Waals surface area contributed by atoms with Gasteiger partial charge in [-0.2, -0.15) is 0 Å². The topological polar surface area (TPSA) is 49.8 Å². The summed E-state index contributed by atoms with van der Waals surface area (Å²) in [6.45, 7) is 8.76. The molecule has 1 atom stereocenters. The maximum Gasteiger partial charge on any atom is 0.193 e. The Kier molecular flexibility index (Phi) is 7.82. The molecule has 0 radical (unpaired) electrons. The monoisotopic (exact) mass is 338 g/mol. The molecule has 0 amide bonds. The quantitative estimate of drug-likeness (QED) is 0.450. The molecule has 0 bridgehead atoms. The third-order valence-corrected chi connectivity index (χ3v) is 5.01. The number of ether oxygens (including phenoxy) is 1. The number of unbranched alkanes of at least 4 members (excludes halogenated alkanes) is 1. The van der Waals surface area contributed by atoms with E-state index in [0.29, 0.717) is 5.92 Å². The van der Waals surface area contributed by atoms with Crippen LogP contribution in [0.2, 0.25) is 0 Å². The lowest BCUT2D eigenvalue weighted by molar-refractivity contribution is 0.181. The van der Waals surface area contributed by atoms with Crippen LogP contribution in [0.1, 0.15) is 36.9 Å². The van der Waals surface area contributed by atoms with Crippen molar-refractivity contribution in [2.24, 2.45) is 10.9 Å². The maximum atomic E-state index is 5.46.